The largest absolute Gasteiger partial charge is 0.463 e. The van der Waals surface area contributed by atoms with Crippen LogP contribution in [0.15, 0.2) is 48.6 Å². The average molecular weight is 363 g/mol. The summed E-state index contributed by atoms with van der Waals surface area (Å²) in [6, 6.07) is 0. The Balaban J connectivity index is 4.37. The molecule has 0 N–H and O–H groups in total. The van der Waals surface area contributed by atoms with Gasteiger partial charge in [-0.25, -0.2) is 9.59 Å². The minimum atomic E-state index is -0.310. The molecule has 0 unspecified atom stereocenters. The SMILES string of the molecule is CCOC(=O)/C=C/C(C)(C)/C=C/CC/C=C/C(C)(C)/C=C/C(=O)OCC. The Bertz CT molecular complexity index is 498. The van der Waals surface area contributed by atoms with Crippen LogP contribution in [0.2, 0.25) is 0 Å². The van der Waals surface area contributed by atoms with E-state index in [2.05, 4.69) is 24.3 Å². The van der Waals surface area contributed by atoms with Gasteiger partial charge in [0.05, 0.1) is 13.2 Å². The highest BCUT2D eigenvalue weighted by Gasteiger charge is 2.10. The summed E-state index contributed by atoms with van der Waals surface area (Å²) in [6.45, 7) is 12.5. The number of allylic oxidation sites excluding steroid dienone is 6. The summed E-state index contributed by atoms with van der Waals surface area (Å²) in [5, 5.41) is 0. The van der Waals surface area contributed by atoms with Crippen LogP contribution in [-0.2, 0) is 19.1 Å². The van der Waals surface area contributed by atoms with Gasteiger partial charge in [-0.2, -0.15) is 0 Å². The molecule has 0 spiro atoms. The molecule has 0 aliphatic heterocycles. The van der Waals surface area contributed by atoms with Gasteiger partial charge < -0.3 is 9.47 Å². The van der Waals surface area contributed by atoms with Crippen molar-refractivity contribution in [1.82, 2.24) is 0 Å². The van der Waals surface area contributed by atoms with Gasteiger partial charge >= 0.3 is 11.9 Å². The van der Waals surface area contributed by atoms with Crippen LogP contribution in [0.25, 0.3) is 0 Å². The fourth-order valence-corrected chi connectivity index (χ4v) is 2.02. The van der Waals surface area contributed by atoms with Crippen molar-refractivity contribution >= 4 is 11.9 Å². The zero-order valence-electron chi connectivity index (χ0n) is 17.1. The number of unbranched alkanes of at least 4 members (excludes halogenated alkanes) is 1. The standard InChI is InChI=1S/C22H34O4/c1-7-25-19(23)13-17-21(3,4)15-11-9-10-12-16-22(5,6)18-14-20(24)26-8-2/h11-18H,7-10H2,1-6H3/b15-11+,16-12+,17-13+,18-14+. The number of carbonyl (C=O) groups is 2. The van der Waals surface area contributed by atoms with Crippen LogP contribution in [0.1, 0.15) is 54.4 Å². The van der Waals surface area contributed by atoms with Gasteiger partial charge in [0.25, 0.3) is 0 Å². The van der Waals surface area contributed by atoms with Crippen molar-refractivity contribution in [1.29, 1.82) is 0 Å². The third-order valence-corrected chi connectivity index (χ3v) is 3.47. The first-order valence-electron chi connectivity index (χ1n) is 9.19. The van der Waals surface area contributed by atoms with Crippen LogP contribution in [0.3, 0.4) is 0 Å². The molecule has 0 saturated heterocycles. The summed E-state index contributed by atoms with van der Waals surface area (Å²) in [7, 11) is 0. The molecule has 4 nitrogen and oxygen atoms in total. The van der Waals surface area contributed by atoms with E-state index in [-0.39, 0.29) is 22.8 Å². The zero-order chi connectivity index (χ0) is 20.1. The lowest BCUT2D eigenvalue weighted by Crippen LogP contribution is -2.06. The van der Waals surface area contributed by atoms with Crippen molar-refractivity contribution in [3.05, 3.63) is 48.6 Å². The van der Waals surface area contributed by atoms with E-state index >= 15 is 0 Å². The van der Waals surface area contributed by atoms with Crippen molar-refractivity contribution in [2.45, 2.75) is 54.4 Å². The smallest absolute Gasteiger partial charge is 0.330 e. The Hall–Kier alpha value is -2.10. The third-order valence-electron chi connectivity index (χ3n) is 3.47. The first-order valence-corrected chi connectivity index (χ1v) is 9.19. The molecule has 0 fully saturated rings. The Labute approximate surface area is 158 Å². The number of ether oxygens (including phenoxy) is 2. The molecule has 146 valence electrons. The Morgan fingerprint density at radius 1 is 0.692 bits per heavy atom. The van der Waals surface area contributed by atoms with Crippen molar-refractivity contribution in [3.63, 3.8) is 0 Å². The van der Waals surface area contributed by atoms with Crippen LogP contribution in [0.5, 0.6) is 0 Å². The maximum Gasteiger partial charge on any atom is 0.330 e. The fourth-order valence-electron chi connectivity index (χ4n) is 2.02. The summed E-state index contributed by atoms with van der Waals surface area (Å²) < 4.78 is 9.76. The highest BCUT2D eigenvalue weighted by atomic mass is 16.5. The normalized spacial score (nSPS) is 13.3. The molecule has 26 heavy (non-hydrogen) atoms. The van der Waals surface area contributed by atoms with Crippen molar-refractivity contribution in [2.24, 2.45) is 10.8 Å². The molecule has 0 heterocycles. The van der Waals surface area contributed by atoms with E-state index in [4.69, 9.17) is 9.47 Å². The molecule has 0 amide bonds. The van der Waals surface area contributed by atoms with E-state index in [9.17, 15) is 9.59 Å². The van der Waals surface area contributed by atoms with E-state index in [0.717, 1.165) is 12.8 Å². The third kappa shape index (κ3) is 13.2. The Morgan fingerprint density at radius 3 is 1.35 bits per heavy atom. The monoisotopic (exact) mass is 362 g/mol. The van der Waals surface area contributed by atoms with Gasteiger partial charge in [-0.3, -0.25) is 0 Å². The highest BCUT2D eigenvalue weighted by Crippen LogP contribution is 2.21. The van der Waals surface area contributed by atoms with Crippen LogP contribution in [0, 0.1) is 10.8 Å². The van der Waals surface area contributed by atoms with Crippen molar-refractivity contribution in [2.75, 3.05) is 13.2 Å². The lowest BCUT2D eigenvalue weighted by molar-refractivity contribution is -0.138. The van der Waals surface area contributed by atoms with Crippen molar-refractivity contribution < 1.29 is 19.1 Å². The van der Waals surface area contributed by atoms with E-state index in [1.807, 2.05) is 39.8 Å². The molecule has 0 aromatic carbocycles. The first kappa shape index (κ1) is 23.9. The van der Waals surface area contributed by atoms with Crippen molar-refractivity contribution in [3.8, 4) is 0 Å². The minimum Gasteiger partial charge on any atom is -0.463 e. The zero-order valence-corrected chi connectivity index (χ0v) is 17.1. The molecule has 0 radical (unpaired) electrons. The highest BCUT2D eigenvalue weighted by molar-refractivity contribution is 5.82. The summed E-state index contributed by atoms with van der Waals surface area (Å²) in [4.78, 5) is 22.7. The van der Waals surface area contributed by atoms with E-state index in [1.54, 1.807) is 13.8 Å². The predicted molar refractivity (Wildman–Crippen MR) is 107 cm³/mol. The average Bonchev–Trinajstić information content (AvgIpc) is 2.55. The van der Waals surface area contributed by atoms with Crippen LogP contribution in [-0.4, -0.2) is 25.2 Å². The fraction of sp³-hybridized carbons (Fsp3) is 0.545. The minimum absolute atomic E-state index is 0.196. The topological polar surface area (TPSA) is 52.6 Å². The molecule has 4 heteroatoms. The molecule has 0 aliphatic rings. The molecule has 0 aliphatic carbocycles. The lowest BCUT2D eigenvalue weighted by Gasteiger charge is -2.14. The summed E-state index contributed by atoms with van der Waals surface area (Å²) in [6.07, 6.45) is 16.9. The van der Waals surface area contributed by atoms with Gasteiger partial charge in [0.1, 0.15) is 0 Å². The summed E-state index contributed by atoms with van der Waals surface area (Å²) in [5.41, 5.74) is -0.393. The first-order chi connectivity index (χ1) is 12.1. The van der Waals surface area contributed by atoms with E-state index in [0.29, 0.717) is 13.2 Å². The Morgan fingerprint density at radius 2 is 1.04 bits per heavy atom. The quantitative estimate of drug-likeness (QED) is 0.220. The lowest BCUT2D eigenvalue weighted by atomic mass is 9.91. The molecular formula is C22H34O4. The Kier molecular flexibility index (Phi) is 11.3. The van der Waals surface area contributed by atoms with Gasteiger partial charge in [-0.15, -0.1) is 0 Å². The predicted octanol–water partition coefficient (Wildman–Crippen LogP) is 5.17. The van der Waals surface area contributed by atoms with Gasteiger partial charge in [-0.1, -0.05) is 64.2 Å². The number of rotatable bonds is 11. The second-order valence-corrected chi connectivity index (χ2v) is 7.20. The van der Waals surface area contributed by atoms with Crippen LogP contribution in [0.4, 0.5) is 0 Å². The second kappa shape index (κ2) is 12.3. The number of hydrogen-bond acceptors (Lipinski definition) is 4. The molecule has 0 rings (SSSR count). The van der Waals surface area contributed by atoms with Crippen LogP contribution < -0.4 is 0 Å². The maximum absolute atomic E-state index is 11.4. The number of esters is 2. The van der Waals surface area contributed by atoms with Gasteiger partial charge in [-0.05, 0) is 26.7 Å². The molecule has 0 bridgehead atoms. The number of carbonyl (C=O) groups excluding carboxylic acids is 2. The second-order valence-electron chi connectivity index (χ2n) is 7.20. The van der Waals surface area contributed by atoms with Crippen LogP contribution >= 0.6 is 0 Å². The molecule has 0 atom stereocenters. The molecular weight excluding hydrogens is 328 g/mol. The van der Waals surface area contributed by atoms with E-state index in [1.165, 1.54) is 12.2 Å². The molecule has 0 aromatic heterocycles. The molecule has 0 saturated carbocycles. The maximum atomic E-state index is 11.4. The van der Waals surface area contributed by atoms with E-state index < -0.39 is 0 Å². The van der Waals surface area contributed by atoms with Gasteiger partial charge in [0.15, 0.2) is 0 Å². The van der Waals surface area contributed by atoms with Gasteiger partial charge in [0.2, 0.25) is 0 Å². The summed E-state index contributed by atoms with van der Waals surface area (Å²) in [5.74, 6) is -0.620. The van der Waals surface area contributed by atoms with Gasteiger partial charge in [0, 0.05) is 23.0 Å². The molecule has 0 aromatic rings. The number of hydrogen-bond donors (Lipinski definition) is 0. The summed E-state index contributed by atoms with van der Waals surface area (Å²) >= 11 is 0.